The Labute approximate surface area is 221 Å². The predicted octanol–water partition coefficient (Wildman–Crippen LogP) is 6.73. The van der Waals surface area contributed by atoms with Crippen molar-refractivity contribution >= 4 is 61.5 Å². The van der Waals surface area contributed by atoms with Crippen LogP contribution < -0.4 is 10.0 Å². The van der Waals surface area contributed by atoms with E-state index in [0.717, 1.165) is 34.8 Å². The van der Waals surface area contributed by atoms with Gasteiger partial charge in [0.1, 0.15) is 16.5 Å². The van der Waals surface area contributed by atoms with Crippen molar-refractivity contribution in [3.63, 3.8) is 0 Å². The van der Waals surface area contributed by atoms with E-state index < -0.39 is 26.6 Å². The summed E-state index contributed by atoms with van der Waals surface area (Å²) in [5, 5.41) is 2.42. The summed E-state index contributed by atoms with van der Waals surface area (Å²) < 4.78 is 41.9. The quantitative estimate of drug-likeness (QED) is 0.216. The number of fused-ring (bicyclic) bond motifs is 1. The summed E-state index contributed by atoms with van der Waals surface area (Å²) in [4.78, 5) is 20.3. The minimum atomic E-state index is -4.33. The van der Waals surface area contributed by atoms with Crippen LogP contribution in [-0.2, 0) is 10.0 Å². The van der Waals surface area contributed by atoms with Crippen LogP contribution in [0.25, 0.3) is 22.4 Å². The maximum Gasteiger partial charge on any atom is 0.263 e. The molecule has 5 aromatic rings. The van der Waals surface area contributed by atoms with Gasteiger partial charge in [0.15, 0.2) is 0 Å². The average Bonchev–Trinajstić information content (AvgIpc) is 3.30. The number of aromatic amines is 1. The molecule has 0 unspecified atom stereocenters. The Morgan fingerprint density at radius 2 is 1.59 bits per heavy atom. The summed E-state index contributed by atoms with van der Waals surface area (Å²) in [6, 6.07) is 22.0. The van der Waals surface area contributed by atoms with E-state index in [-0.39, 0.29) is 21.3 Å². The second kappa shape index (κ2) is 9.85. The Balaban J connectivity index is 1.38. The van der Waals surface area contributed by atoms with Gasteiger partial charge < -0.3 is 10.3 Å². The van der Waals surface area contributed by atoms with E-state index >= 15 is 0 Å². The highest BCUT2D eigenvalue weighted by molar-refractivity contribution is 7.92. The van der Waals surface area contributed by atoms with Gasteiger partial charge in [-0.3, -0.25) is 9.52 Å². The number of amides is 1. The van der Waals surface area contributed by atoms with Crippen molar-refractivity contribution in [3.05, 3.63) is 106 Å². The Bertz CT molecular complexity index is 1720. The predicted molar refractivity (Wildman–Crippen MR) is 143 cm³/mol. The molecule has 0 fully saturated rings. The molecule has 0 bridgehead atoms. The number of halogens is 3. The third-order valence-corrected chi connectivity index (χ3v) is 7.62. The van der Waals surface area contributed by atoms with Gasteiger partial charge in [-0.25, -0.2) is 17.8 Å². The second-order valence-corrected chi connectivity index (χ2v) is 10.4. The highest BCUT2D eigenvalue weighted by Gasteiger charge is 2.24. The van der Waals surface area contributed by atoms with Gasteiger partial charge in [-0.15, -0.1) is 0 Å². The van der Waals surface area contributed by atoms with Crippen LogP contribution in [0, 0.1) is 5.82 Å². The smallest absolute Gasteiger partial charge is 0.263 e. The molecule has 186 valence electrons. The molecule has 0 aliphatic rings. The van der Waals surface area contributed by atoms with Crippen LogP contribution in [0.2, 0.25) is 10.0 Å². The maximum atomic E-state index is 14.0. The molecule has 0 saturated carbocycles. The topological polar surface area (TPSA) is 104 Å². The van der Waals surface area contributed by atoms with E-state index in [2.05, 4.69) is 20.0 Å². The Hall–Kier alpha value is -3.92. The first-order valence-electron chi connectivity index (χ1n) is 10.8. The lowest BCUT2D eigenvalue weighted by molar-refractivity contribution is 0.102. The SMILES string of the molecule is O=C(Nc1ccc(-c2nc3ccccc3[nH]2)cc1)c1cc(S(=O)(=O)Nc2ccccc2F)c(Cl)cc1Cl. The molecule has 0 spiro atoms. The Morgan fingerprint density at radius 1 is 0.892 bits per heavy atom. The highest BCUT2D eigenvalue weighted by atomic mass is 35.5. The molecule has 4 aromatic carbocycles. The van der Waals surface area contributed by atoms with E-state index in [0.29, 0.717) is 11.5 Å². The van der Waals surface area contributed by atoms with E-state index in [1.165, 1.54) is 18.2 Å². The van der Waals surface area contributed by atoms with E-state index in [9.17, 15) is 17.6 Å². The van der Waals surface area contributed by atoms with Gasteiger partial charge in [-0.2, -0.15) is 0 Å². The average molecular weight is 555 g/mol. The van der Waals surface area contributed by atoms with Crippen molar-refractivity contribution in [2.24, 2.45) is 0 Å². The Kier molecular flexibility index (Phi) is 6.59. The number of nitrogens with one attached hydrogen (secondary N) is 3. The van der Waals surface area contributed by atoms with Gasteiger partial charge in [0.2, 0.25) is 0 Å². The molecule has 0 aliphatic carbocycles. The lowest BCUT2D eigenvalue weighted by atomic mass is 10.1. The number of benzene rings is 4. The molecular formula is C26H17Cl2FN4O3S. The lowest BCUT2D eigenvalue weighted by Gasteiger charge is -2.13. The molecule has 0 aliphatic heterocycles. The summed E-state index contributed by atoms with van der Waals surface area (Å²) in [7, 11) is -4.33. The number of sulfonamides is 1. The van der Waals surface area contributed by atoms with Crippen molar-refractivity contribution in [1.29, 1.82) is 0 Å². The molecule has 37 heavy (non-hydrogen) atoms. The number of H-pyrrole nitrogens is 1. The number of anilines is 2. The molecule has 0 atom stereocenters. The number of hydrogen-bond donors (Lipinski definition) is 3. The van der Waals surface area contributed by atoms with Crippen molar-refractivity contribution in [3.8, 4) is 11.4 Å². The molecule has 1 heterocycles. The molecule has 0 saturated heterocycles. The number of carbonyl (C=O) groups is 1. The van der Waals surface area contributed by atoms with Crippen LogP contribution in [0.4, 0.5) is 15.8 Å². The van der Waals surface area contributed by atoms with E-state index in [4.69, 9.17) is 23.2 Å². The van der Waals surface area contributed by atoms with Crippen molar-refractivity contribution in [2.75, 3.05) is 10.0 Å². The lowest BCUT2D eigenvalue weighted by Crippen LogP contribution is -2.17. The van der Waals surface area contributed by atoms with Crippen LogP contribution in [0.1, 0.15) is 10.4 Å². The molecule has 7 nitrogen and oxygen atoms in total. The fourth-order valence-electron chi connectivity index (χ4n) is 3.65. The maximum absolute atomic E-state index is 14.0. The fraction of sp³-hybridized carbons (Fsp3) is 0. The van der Waals surface area contributed by atoms with E-state index in [1.807, 2.05) is 24.3 Å². The van der Waals surface area contributed by atoms with Gasteiger partial charge in [0, 0.05) is 11.3 Å². The minimum Gasteiger partial charge on any atom is -0.338 e. The largest absolute Gasteiger partial charge is 0.338 e. The molecular weight excluding hydrogens is 538 g/mol. The number of rotatable bonds is 6. The zero-order valence-corrected chi connectivity index (χ0v) is 21.1. The van der Waals surface area contributed by atoms with Crippen LogP contribution in [0.15, 0.2) is 89.8 Å². The molecule has 5 rings (SSSR count). The first-order chi connectivity index (χ1) is 17.7. The normalized spacial score (nSPS) is 11.4. The monoisotopic (exact) mass is 554 g/mol. The summed E-state index contributed by atoms with van der Waals surface area (Å²) in [6.45, 7) is 0. The van der Waals surface area contributed by atoms with Gasteiger partial charge in [-0.1, -0.05) is 47.5 Å². The standard InChI is InChI=1S/C26H17Cl2FN4O3S/c27-18-14-19(28)24(37(35,36)33-21-6-2-1-5-20(21)29)13-17(18)26(34)30-16-11-9-15(10-12-16)25-31-22-7-3-4-8-23(22)32-25/h1-14,33H,(H,30,34)(H,31,32). The van der Waals surface area contributed by atoms with Gasteiger partial charge >= 0.3 is 0 Å². The van der Waals surface area contributed by atoms with E-state index in [1.54, 1.807) is 24.3 Å². The van der Waals surface area contributed by atoms with Crippen molar-refractivity contribution in [2.45, 2.75) is 4.90 Å². The summed E-state index contributed by atoms with van der Waals surface area (Å²) in [5.41, 5.74) is 2.62. The molecule has 3 N–H and O–H groups in total. The van der Waals surface area contributed by atoms with Crippen LogP contribution in [-0.4, -0.2) is 24.3 Å². The van der Waals surface area contributed by atoms with Crippen LogP contribution >= 0.6 is 23.2 Å². The highest BCUT2D eigenvalue weighted by Crippen LogP contribution is 2.31. The number of hydrogen-bond acceptors (Lipinski definition) is 4. The minimum absolute atomic E-state index is 0.0498. The number of aromatic nitrogens is 2. The number of nitrogens with zero attached hydrogens (tertiary/aromatic N) is 1. The first-order valence-corrected chi connectivity index (χ1v) is 13.1. The second-order valence-electron chi connectivity index (χ2n) is 7.98. The molecule has 1 amide bonds. The fourth-order valence-corrected chi connectivity index (χ4v) is 5.58. The first kappa shape index (κ1) is 24.8. The summed E-state index contributed by atoms with van der Waals surface area (Å²) in [5.74, 6) is -0.738. The van der Waals surface area contributed by atoms with Crippen molar-refractivity contribution in [1.82, 2.24) is 9.97 Å². The zero-order chi connectivity index (χ0) is 26.2. The molecule has 11 heteroatoms. The van der Waals surface area contributed by atoms with Gasteiger partial charge in [0.05, 0.1) is 32.3 Å². The third kappa shape index (κ3) is 5.15. The zero-order valence-electron chi connectivity index (χ0n) is 18.8. The Morgan fingerprint density at radius 3 is 2.32 bits per heavy atom. The van der Waals surface area contributed by atoms with Crippen LogP contribution in [0.5, 0.6) is 0 Å². The molecule has 1 aromatic heterocycles. The van der Waals surface area contributed by atoms with Crippen molar-refractivity contribution < 1.29 is 17.6 Å². The summed E-state index contributed by atoms with van der Waals surface area (Å²) in [6.07, 6.45) is 0. The third-order valence-electron chi connectivity index (χ3n) is 5.48. The van der Waals surface area contributed by atoms with Crippen LogP contribution in [0.3, 0.4) is 0 Å². The van der Waals surface area contributed by atoms with Gasteiger partial charge in [0.25, 0.3) is 15.9 Å². The molecule has 0 radical (unpaired) electrons. The number of carbonyl (C=O) groups excluding carboxylic acids is 1. The van der Waals surface area contributed by atoms with Gasteiger partial charge in [-0.05, 0) is 60.7 Å². The summed E-state index contributed by atoms with van der Waals surface area (Å²) >= 11 is 12.3. The number of para-hydroxylation sites is 3. The number of imidazole rings is 1.